The number of benzene rings is 1. The van der Waals surface area contributed by atoms with Crippen LogP contribution in [0.15, 0.2) is 50.8 Å². The van der Waals surface area contributed by atoms with Crippen LogP contribution < -0.4 is 0 Å². The second-order valence-electron chi connectivity index (χ2n) is 5.54. The minimum Gasteiger partial charge on any atom is -0.338 e. The highest BCUT2D eigenvalue weighted by Crippen LogP contribution is 2.26. The Morgan fingerprint density at radius 3 is 2.72 bits per heavy atom. The molecule has 0 bridgehead atoms. The average molecular weight is 369 g/mol. The fourth-order valence-electron chi connectivity index (χ4n) is 2.34. The second kappa shape index (κ2) is 6.81. The third-order valence-electron chi connectivity index (χ3n) is 3.72. The van der Waals surface area contributed by atoms with Gasteiger partial charge in [0.2, 0.25) is 11.7 Å². The molecule has 0 atom stereocenters. The van der Waals surface area contributed by atoms with Gasteiger partial charge in [-0.25, -0.2) is 0 Å². The van der Waals surface area contributed by atoms with Gasteiger partial charge in [0.1, 0.15) is 0 Å². The SMILES string of the molecule is Cc1ccc(-c2nnc(SCc3nc(-c4ccsc4)no3)n2C)cc1. The Balaban J connectivity index is 1.48. The second-order valence-corrected chi connectivity index (χ2v) is 7.27. The van der Waals surface area contributed by atoms with E-state index in [4.69, 9.17) is 4.52 Å². The highest BCUT2D eigenvalue weighted by molar-refractivity contribution is 7.98. The van der Waals surface area contributed by atoms with Crippen molar-refractivity contribution in [2.45, 2.75) is 17.8 Å². The summed E-state index contributed by atoms with van der Waals surface area (Å²) in [4.78, 5) is 4.42. The topological polar surface area (TPSA) is 69.6 Å². The van der Waals surface area contributed by atoms with Gasteiger partial charge >= 0.3 is 0 Å². The largest absolute Gasteiger partial charge is 0.338 e. The molecule has 4 aromatic rings. The zero-order chi connectivity index (χ0) is 17.2. The van der Waals surface area contributed by atoms with Gasteiger partial charge in [-0.05, 0) is 18.4 Å². The van der Waals surface area contributed by atoms with Gasteiger partial charge in [0.05, 0.1) is 5.75 Å². The Hall–Kier alpha value is -2.45. The van der Waals surface area contributed by atoms with Crippen LogP contribution in [-0.2, 0) is 12.8 Å². The Morgan fingerprint density at radius 1 is 1.12 bits per heavy atom. The van der Waals surface area contributed by atoms with Gasteiger partial charge in [-0.1, -0.05) is 46.7 Å². The maximum Gasteiger partial charge on any atom is 0.237 e. The van der Waals surface area contributed by atoms with Crippen LogP contribution in [0.4, 0.5) is 0 Å². The van der Waals surface area contributed by atoms with Gasteiger partial charge < -0.3 is 9.09 Å². The molecular weight excluding hydrogens is 354 g/mol. The first-order valence-corrected chi connectivity index (χ1v) is 9.58. The lowest BCUT2D eigenvalue weighted by molar-refractivity contribution is 0.391. The summed E-state index contributed by atoms with van der Waals surface area (Å²) >= 11 is 3.13. The van der Waals surface area contributed by atoms with E-state index in [-0.39, 0.29) is 0 Å². The van der Waals surface area contributed by atoms with Crippen molar-refractivity contribution in [1.29, 1.82) is 0 Å². The molecule has 0 saturated heterocycles. The first kappa shape index (κ1) is 16.0. The van der Waals surface area contributed by atoms with Crippen LogP contribution in [0.1, 0.15) is 11.5 Å². The number of thiophene rings is 1. The first-order chi connectivity index (χ1) is 12.2. The summed E-state index contributed by atoms with van der Waals surface area (Å²) in [5.41, 5.74) is 3.24. The molecule has 0 aliphatic rings. The van der Waals surface area contributed by atoms with Crippen LogP contribution in [0.3, 0.4) is 0 Å². The average Bonchev–Trinajstić information content (AvgIpc) is 3.35. The van der Waals surface area contributed by atoms with Gasteiger partial charge in [0, 0.05) is 23.6 Å². The standard InChI is InChI=1S/C17H15N5OS2/c1-11-3-5-12(6-4-11)16-19-20-17(22(16)2)25-10-14-18-15(21-23-14)13-7-8-24-9-13/h3-9H,10H2,1-2H3. The van der Waals surface area contributed by atoms with E-state index in [9.17, 15) is 0 Å². The number of hydrogen-bond acceptors (Lipinski definition) is 7. The third kappa shape index (κ3) is 3.35. The van der Waals surface area contributed by atoms with Gasteiger partial charge in [0.25, 0.3) is 0 Å². The van der Waals surface area contributed by atoms with Crippen molar-refractivity contribution in [1.82, 2.24) is 24.9 Å². The fourth-order valence-corrected chi connectivity index (χ4v) is 3.73. The van der Waals surface area contributed by atoms with Gasteiger partial charge in [-0.15, -0.1) is 10.2 Å². The number of rotatable bonds is 5. The molecule has 0 unspecified atom stereocenters. The van der Waals surface area contributed by atoms with Crippen molar-refractivity contribution >= 4 is 23.1 Å². The summed E-state index contributed by atoms with van der Waals surface area (Å²) in [6.07, 6.45) is 0. The van der Waals surface area contributed by atoms with Crippen LogP contribution >= 0.6 is 23.1 Å². The third-order valence-corrected chi connectivity index (χ3v) is 5.41. The van der Waals surface area contributed by atoms with Gasteiger partial charge in [-0.3, -0.25) is 0 Å². The van der Waals surface area contributed by atoms with E-state index in [1.54, 1.807) is 11.3 Å². The molecule has 0 aliphatic heterocycles. The summed E-state index contributed by atoms with van der Waals surface area (Å²) < 4.78 is 7.30. The molecule has 0 fully saturated rings. The van der Waals surface area contributed by atoms with E-state index in [0.717, 1.165) is 22.1 Å². The van der Waals surface area contributed by atoms with Crippen molar-refractivity contribution in [3.63, 3.8) is 0 Å². The van der Waals surface area contributed by atoms with Gasteiger partial charge in [-0.2, -0.15) is 16.3 Å². The van der Waals surface area contributed by atoms with Crippen molar-refractivity contribution < 1.29 is 4.52 Å². The Bertz CT molecular complexity index is 973. The zero-order valence-corrected chi connectivity index (χ0v) is 15.3. The molecule has 3 aromatic heterocycles. The molecule has 0 N–H and O–H groups in total. The number of aryl methyl sites for hydroxylation is 1. The lowest BCUT2D eigenvalue weighted by Crippen LogP contribution is -1.95. The number of nitrogens with zero attached hydrogens (tertiary/aromatic N) is 5. The molecule has 3 heterocycles. The van der Waals surface area contributed by atoms with E-state index in [0.29, 0.717) is 17.5 Å². The molecule has 0 saturated carbocycles. The summed E-state index contributed by atoms with van der Waals surface area (Å²) in [6, 6.07) is 10.2. The number of hydrogen-bond donors (Lipinski definition) is 0. The highest BCUT2D eigenvalue weighted by atomic mass is 32.2. The van der Waals surface area contributed by atoms with Crippen molar-refractivity contribution in [2.24, 2.45) is 7.05 Å². The normalized spacial score (nSPS) is 11.1. The zero-order valence-electron chi connectivity index (χ0n) is 13.7. The molecular formula is C17H15N5OS2. The van der Waals surface area contributed by atoms with E-state index < -0.39 is 0 Å². The summed E-state index contributed by atoms with van der Waals surface area (Å²) in [6.45, 7) is 2.07. The first-order valence-electron chi connectivity index (χ1n) is 7.65. The van der Waals surface area contributed by atoms with Crippen molar-refractivity contribution in [3.05, 3.63) is 52.5 Å². The molecule has 0 radical (unpaired) electrons. The Kier molecular flexibility index (Phi) is 4.37. The molecule has 0 aliphatic carbocycles. The molecule has 126 valence electrons. The molecule has 25 heavy (non-hydrogen) atoms. The molecule has 0 amide bonds. The van der Waals surface area contributed by atoms with E-state index in [1.165, 1.54) is 17.3 Å². The fraction of sp³-hybridized carbons (Fsp3) is 0.176. The summed E-state index contributed by atoms with van der Waals surface area (Å²) in [5, 5.41) is 17.4. The summed E-state index contributed by atoms with van der Waals surface area (Å²) in [7, 11) is 1.96. The maximum absolute atomic E-state index is 5.32. The highest BCUT2D eigenvalue weighted by Gasteiger charge is 2.14. The molecule has 0 spiro atoms. The molecule has 1 aromatic carbocycles. The lowest BCUT2D eigenvalue weighted by atomic mass is 10.1. The van der Waals surface area contributed by atoms with E-state index in [1.807, 2.05) is 28.4 Å². The maximum atomic E-state index is 5.32. The van der Waals surface area contributed by atoms with E-state index in [2.05, 4.69) is 51.5 Å². The smallest absolute Gasteiger partial charge is 0.237 e. The minimum atomic E-state index is 0.553. The molecule has 8 heteroatoms. The number of thioether (sulfide) groups is 1. The van der Waals surface area contributed by atoms with Crippen LogP contribution in [0.2, 0.25) is 0 Å². The van der Waals surface area contributed by atoms with Gasteiger partial charge in [0.15, 0.2) is 11.0 Å². The Labute approximate surface area is 152 Å². The van der Waals surface area contributed by atoms with Crippen LogP contribution in [0.5, 0.6) is 0 Å². The van der Waals surface area contributed by atoms with Crippen molar-refractivity contribution in [3.8, 4) is 22.8 Å². The Morgan fingerprint density at radius 2 is 1.96 bits per heavy atom. The van der Waals surface area contributed by atoms with Crippen LogP contribution in [-0.4, -0.2) is 24.9 Å². The molecule has 4 rings (SSSR count). The lowest BCUT2D eigenvalue weighted by Gasteiger charge is -2.03. The number of aromatic nitrogens is 5. The molecule has 6 nitrogen and oxygen atoms in total. The summed E-state index contributed by atoms with van der Waals surface area (Å²) in [5.74, 6) is 2.59. The quantitative estimate of drug-likeness (QED) is 0.491. The van der Waals surface area contributed by atoms with E-state index >= 15 is 0 Å². The predicted octanol–water partition coefficient (Wildman–Crippen LogP) is 4.19. The van der Waals surface area contributed by atoms with Crippen LogP contribution in [0, 0.1) is 6.92 Å². The van der Waals surface area contributed by atoms with Crippen LogP contribution in [0.25, 0.3) is 22.8 Å². The van der Waals surface area contributed by atoms with Crippen molar-refractivity contribution in [2.75, 3.05) is 0 Å². The minimum absolute atomic E-state index is 0.553. The predicted molar refractivity (Wildman–Crippen MR) is 98.3 cm³/mol. The monoisotopic (exact) mass is 369 g/mol.